The van der Waals surface area contributed by atoms with Crippen molar-refractivity contribution in [3.05, 3.63) is 47.7 Å². The molecular weight excluding hydrogens is 314 g/mol. The number of methoxy groups -OCH3 is 1. The van der Waals surface area contributed by atoms with Crippen LogP contribution in [-0.4, -0.2) is 37.7 Å². The van der Waals surface area contributed by atoms with Crippen LogP contribution in [0.5, 0.6) is 0 Å². The molecule has 0 saturated carbocycles. The molecule has 0 spiro atoms. The molecule has 7 nitrogen and oxygen atoms in total. The van der Waals surface area contributed by atoms with Gasteiger partial charge < -0.3 is 18.9 Å². The van der Waals surface area contributed by atoms with Crippen molar-refractivity contribution in [2.75, 3.05) is 13.7 Å². The Morgan fingerprint density at radius 1 is 1.33 bits per heavy atom. The number of amides is 1. The summed E-state index contributed by atoms with van der Waals surface area (Å²) in [7, 11) is 1.23. The summed E-state index contributed by atoms with van der Waals surface area (Å²) in [5.41, 5.74) is 0.785. The zero-order valence-electron chi connectivity index (χ0n) is 13.9. The fourth-order valence-electron chi connectivity index (χ4n) is 2.12. The monoisotopic (exact) mass is 335 g/mol. The molecule has 1 aliphatic rings. The maximum Gasteiger partial charge on any atom is 0.412 e. The van der Waals surface area contributed by atoms with E-state index >= 15 is 0 Å². The smallest absolute Gasteiger partial charge is 0.412 e. The number of carbonyl (C=O) groups is 2. The van der Waals surface area contributed by atoms with Crippen LogP contribution >= 0.6 is 0 Å². The maximum absolute atomic E-state index is 11.9. The Kier molecular flexibility index (Phi) is 5.94. The lowest BCUT2D eigenvalue weighted by Crippen LogP contribution is -2.30. The molecule has 0 unspecified atom stereocenters. The molecule has 130 valence electrons. The summed E-state index contributed by atoms with van der Waals surface area (Å²) in [6, 6.07) is 9.21. The minimum Gasteiger partial charge on any atom is -0.464 e. The second-order valence-electron chi connectivity index (χ2n) is 5.63. The summed E-state index contributed by atoms with van der Waals surface area (Å²) >= 11 is 0. The van der Waals surface area contributed by atoms with Gasteiger partial charge in [0.15, 0.2) is 5.79 Å². The molecule has 1 aromatic carbocycles. The largest absolute Gasteiger partial charge is 0.464 e. The van der Waals surface area contributed by atoms with Crippen molar-refractivity contribution in [3.63, 3.8) is 0 Å². The Morgan fingerprint density at radius 2 is 2.04 bits per heavy atom. The summed E-state index contributed by atoms with van der Waals surface area (Å²) in [5.74, 6) is -1.43. The first kappa shape index (κ1) is 18.0. The van der Waals surface area contributed by atoms with Crippen LogP contribution in [0.15, 0.2) is 42.1 Å². The van der Waals surface area contributed by atoms with E-state index in [2.05, 4.69) is 10.1 Å². The van der Waals surface area contributed by atoms with E-state index in [-0.39, 0.29) is 18.9 Å². The van der Waals surface area contributed by atoms with Gasteiger partial charge in [0.25, 0.3) is 0 Å². The third-order valence-corrected chi connectivity index (χ3v) is 3.24. The zero-order valence-corrected chi connectivity index (χ0v) is 13.9. The van der Waals surface area contributed by atoms with E-state index in [0.717, 1.165) is 5.56 Å². The Morgan fingerprint density at radius 3 is 2.62 bits per heavy atom. The molecule has 1 heterocycles. The fourth-order valence-corrected chi connectivity index (χ4v) is 2.12. The van der Waals surface area contributed by atoms with Crippen molar-refractivity contribution in [1.29, 1.82) is 0 Å². The highest BCUT2D eigenvalue weighted by Crippen LogP contribution is 2.23. The number of ether oxygens (including phenoxy) is 4. The Balaban J connectivity index is 1.95. The summed E-state index contributed by atoms with van der Waals surface area (Å²) in [4.78, 5) is 23.7. The van der Waals surface area contributed by atoms with Gasteiger partial charge in [0.1, 0.15) is 18.4 Å². The molecule has 1 N–H and O–H groups in total. The third-order valence-electron chi connectivity index (χ3n) is 3.24. The van der Waals surface area contributed by atoms with Gasteiger partial charge in [-0.25, -0.2) is 9.59 Å². The van der Waals surface area contributed by atoms with Crippen molar-refractivity contribution < 1.29 is 28.5 Å². The average molecular weight is 335 g/mol. The highest BCUT2D eigenvalue weighted by Gasteiger charge is 2.32. The van der Waals surface area contributed by atoms with Crippen LogP contribution in [0.4, 0.5) is 4.79 Å². The highest BCUT2D eigenvalue weighted by molar-refractivity contribution is 5.92. The number of esters is 1. The number of nitrogens with one attached hydrogen (secondary N) is 1. The summed E-state index contributed by atoms with van der Waals surface area (Å²) < 4.78 is 20.8. The van der Waals surface area contributed by atoms with Gasteiger partial charge in [-0.2, -0.15) is 0 Å². The lowest BCUT2D eigenvalue weighted by atomic mass is 10.2. The van der Waals surface area contributed by atoms with E-state index in [9.17, 15) is 9.59 Å². The van der Waals surface area contributed by atoms with E-state index in [1.54, 1.807) is 13.8 Å². The van der Waals surface area contributed by atoms with Crippen molar-refractivity contribution in [1.82, 2.24) is 5.32 Å². The molecule has 7 heteroatoms. The maximum atomic E-state index is 11.9. The summed E-state index contributed by atoms with van der Waals surface area (Å²) in [6.45, 7) is 3.89. The van der Waals surface area contributed by atoms with Crippen LogP contribution in [-0.2, 0) is 30.3 Å². The van der Waals surface area contributed by atoms with E-state index in [0.29, 0.717) is 0 Å². The van der Waals surface area contributed by atoms with E-state index < -0.39 is 24.0 Å². The first-order valence-electron chi connectivity index (χ1n) is 7.49. The molecule has 1 aromatic rings. The van der Waals surface area contributed by atoms with Gasteiger partial charge in [-0.05, 0) is 25.5 Å². The van der Waals surface area contributed by atoms with E-state index in [4.69, 9.17) is 14.2 Å². The van der Waals surface area contributed by atoms with Crippen molar-refractivity contribution in [2.45, 2.75) is 32.3 Å². The van der Waals surface area contributed by atoms with Crippen LogP contribution < -0.4 is 5.32 Å². The second kappa shape index (κ2) is 7.94. The molecule has 0 aliphatic carbocycles. The number of alkyl carbamates (subject to hydrolysis) is 1. The van der Waals surface area contributed by atoms with Crippen molar-refractivity contribution >= 4 is 12.1 Å². The third kappa shape index (κ3) is 5.36. The van der Waals surface area contributed by atoms with Gasteiger partial charge in [-0.1, -0.05) is 30.3 Å². The fraction of sp³-hybridized carbons (Fsp3) is 0.412. The van der Waals surface area contributed by atoms with Crippen molar-refractivity contribution in [2.24, 2.45) is 0 Å². The average Bonchev–Trinajstić information content (AvgIpc) is 2.91. The van der Waals surface area contributed by atoms with Gasteiger partial charge in [0, 0.05) is 0 Å². The molecule has 1 amide bonds. The number of rotatable bonds is 5. The number of hydrogen-bond acceptors (Lipinski definition) is 6. The van der Waals surface area contributed by atoms with Gasteiger partial charge in [-0.15, -0.1) is 0 Å². The molecule has 24 heavy (non-hydrogen) atoms. The van der Waals surface area contributed by atoms with Gasteiger partial charge in [0.2, 0.25) is 0 Å². The van der Waals surface area contributed by atoms with E-state index in [1.807, 2.05) is 30.3 Å². The standard InChI is InChI=1S/C17H21NO6/c1-17(2)23-11-13(24-17)9-14(15(19)21-3)18-16(20)22-10-12-7-5-4-6-8-12/h4-9,13H,10-11H2,1-3H3,(H,18,20)/b14-9+/t13-/m0/s1. The van der Waals surface area contributed by atoms with Gasteiger partial charge >= 0.3 is 12.1 Å². The first-order chi connectivity index (χ1) is 11.4. The van der Waals surface area contributed by atoms with Crippen LogP contribution in [0.1, 0.15) is 19.4 Å². The molecule has 0 bridgehead atoms. The first-order valence-corrected chi connectivity index (χ1v) is 7.49. The van der Waals surface area contributed by atoms with Crippen LogP contribution in [0.2, 0.25) is 0 Å². The number of carbonyl (C=O) groups excluding carboxylic acids is 2. The molecule has 1 fully saturated rings. The highest BCUT2D eigenvalue weighted by atomic mass is 16.7. The quantitative estimate of drug-likeness (QED) is 0.655. The molecule has 0 radical (unpaired) electrons. The van der Waals surface area contributed by atoms with E-state index in [1.165, 1.54) is 13.2 Å². The number of benzene rings is 1. The molecule has 1 atom stereocenters. The Labute approximate surface area is 140 Å². The van der Waals surface area contributed by atoms with Crippen LogP contribution in [0, 0.1) is 0 Å². The van der Waals surface area contributed by atoms with Gasteiger partial charge in [-0.3, -0.25) is 5.32 Å². The molecule has 1 aliphatic heterocycles. The molecule has 0 aromatic heterocycles. The minimum atomic E-state index is -0.756. The number of hydrogen-bond donors (Lipinski definition) is 1. The predicted octanol–water partition coefficient (Wildman–Crippen LogP) is 2.12. The lowest BCUT2D eigenvalue weighted by Gasteiger charge is -2.16. The normalized spacial score (nSPS) is 19.6. The summed E-state index contributed by atoms with van der Waals surface area (Å²) in [5, 5.41) is 2.38. The second-order valence-corrected chi connectivity index (χ2v) is 5.63. The Hall–Kier alpha value is -2.38. The molecule has 2 rings (SSSR count). The molecule has 1 saturated heterocycles. The predicted molar refractivity (Wildman–Crippen MR) is 84.8 cm³/mol. The van der Waals surface area contributed by atoms with Crippen LogP contribution in [0.25, 0.3) is 0 Å². The van der Waals surface area contributed by atoms with Gasteiger partial charge in [0.05, 0.1) is 13.7 Å². The summed E-state index contributed by atoms with van der Waals surface area (Å²) in [6.07, 6.45) is 0.224. The SMILES string of the molecule is COC(=O)/C(=C\[C@H]1COC(C)(C)O1)NC(=O)OCc1ccccc1. The topological polar surface area (TPSA) is 83.1 Å². The zero-order chi connectivity index (χ0) is 17.6. The lowest BCUT2D eigenvalue weighted by molar-refractivity contribution is -0.138. The molecular formula is C17H21NO6. The van der Waals surface area contributed by atoms with Crippen molar-refractivity contribution in [3.8, 4) is 0 Å². The minimum absolute atomic E-state index is 0.0538. The van der Waals surface area contributed by atoms with Crippen LogP contribution in [0.3, 0.4) is 0 Å². The Bertz CT molecular complexity index is 611.